The number of fused-ring (bicyclic) bond motifs is 1. The van der Waals surface area contributed by atoms with E-state index >= 15 is 0 Å². The first-order valence-electron chi connectivity index (χ1n) is 6.45. The lowest BCUT2D eigenvalue weighted by Crippen LogP contribution is -2.12. The van der Waals surface area contributed by atoms with Crippen molar-refractivity contribution in [2.24, 2.45) is 0 Å². The van der Waals surface area contributed by atoms with E-state index in [1.165, 1.54) is 6.07 Å². The van der Waals surface area contributed by atoms with Gasteiger partial charge in [-0.25, -0.2) is 17.5 Å². The van der Waals surface area contributed by atoms with E-state index in [1.807, 2.05) is 0 Å². The van der Waals surface area contributed by atoms with Crippen LogP contribution in [0.25, 0.3) is 10.8 Å². The summed E-state index contributed by atoms with van der Waals surface area (Å²) in [4.78, 5) is 26.1. The molecular formula is C12H14O9P2S. The molecule has 0 saturated carbocycles. The van der Waals surface area contributed by atoms with Gasteiger partial charge in [0.15, 0.2) is 9.84 Å². The molecule has 2 aromatic rings. The van der Waals surface area contributed by atoms with Crippen molar-refractivity contribution < 1.29 is 41.1 Å². The Labute approximate surface area is 137 Å². The van der Waals surface area contributed by atoms with E-state index in [4.69, 9.17) is 14.7 Å². The third-order valence-electron chi connectivity index (χ3n) is 2.90. The molecule has 1 atom stereocenters. The van der Waals surface area contributed by atoms with Gasteiger partial charge in [-0.15, -0.1) is 0 Å². The summed E-state index contributed by atoms with van der Waals surface area (Å²) in [6.07, 6.45) is 0. The normalized spacial score (nSPS) is 15.3. The van der Waals surface area contributed by atoms with Crippen molar-refractivity contribution in [1.29, 1.82) is 0 Å². The first-order valence-corrected chi connectivity index (χ1v) is 11.1. The van der Waals surface area contributed by atoms with Crippen LogP contribution < -0.4 is 0 Å². The predicted molar refractivity (Wildman–Crippen MR) is 84.9 cm³/mol. The fourth-order valence-corrected chi connectivity index (χ4v) is 5.04. The molecule has 12 heteroatoms. The van der Waals surface area contributed by atoms with Gasteiger partial charge in [0.25, 0.3) is 0 Å². The number of hydrogen-bond acceptors (Lipinski definition) is 6. The van der Waals surface area contributed by atoms with Crippen molar-refractivity contribution in [1.82, 2.24) is 0 Å². The molecule has 0 amide bonds. The molecular weight excluding hydrogens is 382 g/mol. The summed E-state index contributed by atoms with van der Waals surface area (Å²) in [5, 5.41) is 1.19. The van der Waals surface area contributed by atoms with Crippen molar-refractivity contribution in [3.63, 3.8) is 0 Å². The zero-order valence-electron chi connectivity index (χ0n) is 12.0. The van der Waals surface area contributed by atoms with Crippen molar-refractivity contribution in [3.05, 3.63) is 42.5 Å². The second kappa shape index (κ2) is 7.03. The first kappa shape index (κ1) is 19.2. The highest BCUT2D eigenvalue weighted by atomic mass is 32.2. The third kappa shape index (κ3) is 5.20. The van der Waals surface area contributed by atoms with E-state index in [1.54, 1.807) is 36.4 Å². The average Bonchev–Trinajstić information content (AvgIpc) is 2.43. The highest BCUT2D eigenvalue weighted by Crippen LogP contribution is 2.57. The van der Waals surface area contributed by atoms with Crippen LogP contribution in [0, 0.1) is 0 Å². The molecule has 0 bridgehead atoms. The Kier molecular flexibility index (Phi) is 5.64. The Morgan fingerprint density at radius 2 is 1.58 bits per heavy atom. The molecule has 2 rings (SSSR count). The number of benzene rings is 2. The lowest BCUT2D eigenvalue weighted by atomic mass is 10.1. The van der Waals surface area contributed by atoms with Gasteiger partial charge in [-0.2, -0.15) is 4.31 Å². The van der Waals surface area contributed by atoms with Crippen molar-refractivity contribution in [3.8, 4) is 0 Å². The molecule has 0 radical (unpaired) electrons. The fourth-order valence-electron chi connectivity index (χ4n) is 2.00. The minimum atomic E-state index is -5.25. The minimum Gasteiger partial charge on any atom is -0.302 e. The van der Waals surface area contributed by atoms with Gasteiger partial charge < -0.3 is 14.7 Å². The van der Waals surface area contributed by atoms with Crippen LogP contribution in [-0.4, -0.2) is 35.5 Å². The summed E-state index contributed by atoms with van der Waals surface area (Å²) in [5.74, 6) is -0.671. The standard InChI is InChI=1S/C12H14O9P2S/c13-22(14,15)21-23(16,17)20-8-9-24(18,19)12-7-3-5-10-4-1-2-6-11(10)12/h1-7H,8-9H2,(H,16,17)(H2,13,14,15). The van der Waals surface area contributed by atoms with Crippen molar-refractivity contribution in [2.45, 2.75) is 4.90 Å². The summed E-state index contributed by atoms with van der Waals surface area (Å²) in [7, 11) is -14.2. The lowest BCUT2D eigenvalue weighted by molar-refractivity contribution is 0.185. The third-order valence-corrected chi connectivity index (χ3v) is 6.82. The monoisotopic (exact) mass is 396 g/mol. The van der Waals surface area contributed by atoms with E-state index in [0.717, 1.165) is 0 Å². The Balaban J connectivity index is 2.14. The zero-order valence-corrected chi connectivity index (χ0v) is 14.7. The summed E-state index contributed by atoms with van der Waals surface area (Å²) in [5.41, 5.74) is 0. The zero-order chi connectivity index (χ0) is 18.0. The van der Waals surface area contributed by atoms with Crippen LogP contribution in [0.5, 0.6) is 0 Å². The summed E-state index contributed by atoms with van der Waals surface area (Å²) in [6, 6.07) is 11.5. The van der Waals surface area contributed by atoms with Crippen molar-refractivity contribution >= 4 is 36.3 Å². The molecule has 2 aromatic carbocycles. The molecule has 9 nitrogen and oxygen atoms in total. The van der Waals surface area contributed by atoms with E-state index < -0.39 is 37.8 Å². The Hall–Kier alpha value is -1.09. The smallest absolute Gasteiger partial charge is 0.302 e. The Bertz CT molecular complexity index is 929. The van der Waals surface area contributed by atoms with Gasteiger partial charge in [0.05, 0.1) is 17.3 Å². The SMILES string of the molecule is O=P(O)(O)OP(=O)(O)OCCS(=O)(=O)c1cccc2ccccc12. The van der Waals surface area contributed by atoms with Crippen LogP contribution in [0.4, 0.5) is 0 Å². The van der Waals surface area contributed by atoms with E-state index in [9.17, 15) is 17.5 Å². The van der Waals surface area contributed by atoms with Crippen LogP contribution in [0.3, 0.4) is 0 Å². The van der Waals surface area contributed by atoms with E-state index in [-0.39, 0.29) is 4.90 Å². The predicted octanol–water partition coefficient (Wildman–Crippen LogP) is 1.84. The van der Waals surface area contributed by atoms with E-state index in [2.05, 4.69) is 8.83 Å². The second-order valence-corrected chi connectivity index (χ2v) is 9.58. The van der Waals surface area contributed by atoms with Gasteiger partial charge in [0, 0.05) is 5.39 Å². The molecule has 0 aliphatic rings. The lowest BCUT2D eigenvalue weighted by Gasteiger charge is -2.13. The molecule has 0 saturated heterocycles. The number of phosphoric ester groups is 1. The molecule has 0 heterocycles. The highest BCUT2D eigenvalue weighted by molar-refractivity contribution is 7.91. The largest absolute Gasteiger partial charge is 0.481 e. The number of rotatable bonds is 7. The molecule has 3 N–H and O–H groups in total. The van der Waals surface area contributed by atoms with Crippen LogP contribution in [-0.2, 0) is 27.8 Å². The van der Waals surface area contributed by atoms with Crippen molar-refractivity contribution in [2.75, 3.05) is 12.4 Å². The minimum absolute atomic E-state index is 0.0212. The summed E-state index contributed by atoms with van der Waals surface area (Å²) >= 11 is 0. The van der Waals surface area contributed by atoms with Gasteiger partial charge in [0.2, 0.25) is 0 Å². The van der Waals surface area contributed by atoms with E-state index in [0.29, 0.717) is 10.8 Å². The highest BCUT2D eigenvalue weighted by Gasteiger charge is 2.32. The maximum atomic E-state index is 12.4. The van der Waals surface area contributed by atoms with Gasteiger partial charge in [-0.05, 0) is 11.5 Å². The molecule has 0 aliphatic heterocycles. The molecule has 1 unspecified atom stereocenters. The van der Waals surface area contributed by atoms with Gasteiger partial charge >= 0.3 is 15.6 Å². The first-order chi connectivity index (χ1) is 11.0. The maximum Gasteiger partial charge on any atom is 0.481 e. The Morgan fingerprint density at radius 3 is 2.25 bits per heavy atom. The number of hydrogen-bond donors (Lipinski definition) is 3. The molecule has 0 spiro atoms. The van der Waals surface area contributed by atoms with Gasteiger partial charge in [-0.1, -0.05) is 36.4 Å². The maximum absolute atomic E-state index is 12.4. The second-order valence-electron chi connectivity index (χ2n) is 4.67. The van der Waals surface area contributed by atoms with Gasteiger partial charge in [0.1, 0.15) is 0 Å². The van der Waals surface area contributed by atoms with Crippen LogP contribution in [0.15, 0.2) is 47.4 Å². The molecule has 132 valence electrons. The summed E-state index contributed by atoms with van der Waals surface area (Å²) < 4.78 is 54.4. The summed E-state index contributed by atoms with van der Waals surface area (Å²) in [6.45, 7) is -0.778. The quantitative estimate of drug-likeness (QED) is 0.596. The average molecular weight is 396 g/mol. The molecule has 0 aromatic heterocycles. The molecule has 0 fully saturated rings. The Morgan fingerprint density at radius 1 is 0.958 bits per heavy atom. The number of phosphoric acid groups is 2. The fraction of sp³-hybridized carbons (Fsp3) is 0.167. The molecule has 0 aliphatic carbocycles. The van der Waals surface area contributed by atoms with Gasteiger partial charge in [-0.3, -0.25) is 4.52 Å². The van der Waals surface area contributed by atoms with Crippen LogP contribution in [0.1, 0.15) is 0 Å². The van der Waals surface area contributed by atoms with Crippen LogP contribution >= 0.6 is 15.6 Å². The number of sulfone groups is 1. The molecule has 24 heavy (non-hydrogen) atoms. The van der Waals surface area contributed by atoms with Crippen LogP contribution in [0.2, 0.25) is 0 Å². The topological polar surface area (TPSA) is 147 Å².